The average molecular weight is 181 g/mol. The predicted molar refractivity (Wildman–Crippen MR) is 41.9 cm³/mol. The van der Waals surface area contributed by atoms with Crippen LogP contribution >= 0.6 is 0 Å². The minimum absolute atomic E-state index is 0.118. The molecule has 0 saturated heterocycles. The molecule has 0 spiro atoms. The lowest BCUT2D eigenvalue weighted by atomic mass is 10.4. The average Bonchev–Trinajstić information content (AvgIpc) is 2.35. The second-order valence-corrected chi connectivity index (χ2v) is 2.46. The van der Waals surface area contributed by atoms with Crippen molar-refractivity contribution in [1.29, 1.82) is 0 Å². The number of hydrogen-bond donors (Lipinski definition) is 0. The third kappa shape index (κ3) is 1.81. The number of rotatable bonds is 2. The predicted octanol–water partition coefficient (Wildman–Crippen LogP) is -0.0543. The summed E-state index contributed by atoms with van der Waals surface area (Å²) in [6, 6.07) is 0. The topological polar surface area (TPSA) is 63.7 Å². The molecule has 0 saturated carbocycles. The number of imide groups is 1. The van der Waals surface area contributed by atoms with Crippen LogP contribution in [0.2, 0.25) is 0 Å². The molecule has 2 amide bonds. The molecule has 0 aromatic heterocycles. The summed E-state index contributed by atoms with van der Waals surface area (Å²) < 4.78 is 0. The molecule has 0 fully saturated rings. The van der Waals surface area contributed by atoms with Crippen LogP contribution in [0.15, 0.2) is 24.3 Å². The van der Waals surface area contributed by atoms with Gasteiger partial charge in [-0.1, -0.05) is 11.6 Å². The highest BCUT2D eigenvalue weighted by molar-refractivity contribution is 6.12. The van der Waals surface area contributed by atoms with Crippen molar-refractivity contribution >= 4 is 17.8 Å². The Labute approximate surface area is 74.2 Å². The van der Waals surface area contributed by atoms with Gasteiger partial charge in [0.2, 0.25) is 0 Å². The molecule has 0 aromatic rings. The van der Waals surface area contributed by atoms with Crippen LogP contribution in [0.25, 0.3) is 0 Å². The molecular weight excluding hydrogens is 174 g/mol. The lowest BCUT2D eigenvalue weighted by Gasteiger charge is -2.11. The van der Waals surface area contributed by atoms with Gasteiger partial charge in [0.15, 0.2) is 0 Å². The molecule has 1 rings (SSSR count). The molecular formula is C8H7NO4. The van der Waals surface area contributed by atoms with Crippen molar-refractivity contribution < 1.29 is 19.2 Å². The van der Waals surface area contributed by atoms with Gasteiger partial charge in [-0.25, -0.2) is 4.79 Å². The molecule has 68 valence electrons. The van der Waals surface area contributed by atoms with Crippen LogP contribution in [0, 0.1) is 0 Å². The SMILES string of the molecule is C=C(C)C(=O)ON1C(=O)C=CC1=O. The van der Waals surface area contributed by atoms with Gasteiger partial charge in [0, 0.05) is 17.7 Å². The maximum Gasteiger partial charge on any atom is 0.359 e. The molecule has 1 aliphatic heterocycles. The molecule has 0 unspecified atom stereocenters. The standard InChI is InChI=1S/C8H7NO4/c1-5(2)8(12)13-9-6(10)3-4-7(9)11/h3-4H,1H2,2H3. The summed E-state index contributed by atoms with van der Waals surface area (Å²) in [5, 5.41) is 0.386. The molecule has 0 aromatic carbocycles. The highest BCUT2D eigenvalue weighted by Crippen LogP contribution is 2.06. The molecule has 0 radical (unpaired) electrons. The third-order valence-corrected chi connectivity index (χ3v) is 1.29. The number of carbonyl (C=O) groups excluding carboxylic acids is 3. The van der Waals surface area contributed by atoms with Gasteiger partial charge in [-0.3, -0.25) is 9.59 Å². The summed E-state index contributed by atoms with van der Waals surface area (Å²) in [4.78, 5) is 37.0. The van der Waals surface area contributed by atoms with Gasteiger partial charge in [-0.15, -0.1) is 0 Å². The number of hydroxylamine groups is 2. The van der Waals surface area contributed by atoms with Crippen LogP contribution in [-0.4, -0.2) is 22.8 Å². The summed E-state index contributed by atoms with van der Waals surface area (Å²) in [7, 11) is 0. The van der Waals surface area contributed by atoms with Crippen LogP contribution in [0.1, 0.15) is 6.92 Å². The van der Waals surface area contributed by atoms with Crippen LogP contribution in [0.4, 0.5) is 0 Å². The Morgan fingerprint density at radius 2 is 1.85 bits per heavy atom. The Morgan fingerprint density at radius 1 is 1.38 bits per heavy atom. The van der Waals surface area contributed by atoms with Crippen molar-refractivity contribution in [2.45, 2.75) is 6.92 Å². The fourth-order valence-electron chi connectivity index (χ4n) is 0.637. The van der Waals surface area contributed by atoms with Gasteiger partial charge >= 0.3 is 5.97 Å². The van der Waals surface area contributed by atoms with E-state index in [1.54, 1.807) is 0 Å². The van der Waals surface area contributed by atoms with E-state index in [4.69, 9.17) is 0 Å². The second-order valence-electron chi connectivity index (χ2n) is 2.46. The van der Waals surface area contributed by atoms with Crippen molar-refractivity contribution in [3.63, 3.8) is 0 Å². The van der Waals surface area contributed by atoms with Crippen molar-refractivity contribution in [2.75, 3.05) is 0 Å². The fraction of sp³-hybridized carbons (Fsp3) is 0.125. The van der Waals surface area contributed by atoms with Crippen LogP contribution in [-0.2, 0) is 19.2 Å². The lowest BCUT2D eigenvalue weighted by molar-refractivity contribution is -0.193. The minimum atomic E-state index is -0.801. The van der Waals surface area contributed by atoms with Crippen molar-refractivity contribution in [1.82, 2.24) is 5.06 Å². The summed E-state index contributed by atoms with van der Waals surface area (Å²) in [5.41, 5.74) is 0.118. The first-order valence-electron chi connectivity index (χ1n) is 3.46. The lowest BCUT2D eigenvalue weighted by Crippen LogP contribution is -2.32. The summed E-state index contributed by atoms with van der Waals surface area (Å²) in [6.45, 7) is 4.72. The molecule has 5 heteroatoms. The smallest absolute Gasteiger partial charge is 0.325 e. The number of nitrogens with zero attached hydrogens (tertiary/aromatic N) is 1. The minimum Gasteiger partial charge on any atom is -0.325 e. The maximum absolute atomic E-state index is 10.9. The Kier molecular flexibility index (Phi) is 2.27. The van der Waals surface area contributed by atoms with Gasteiger partial charge in [0.25, 0.3) is 11.8 Å². The Morgan fingerprint density at radius 3 is 2.23 bits per heavy atom. The van der Waals surface area contributed by atoms with Crippen molar-refractivity contribution in [3.05, 3.63) is 24.3 Å². The van der Waals surface area contributed by atoms with Gasteiger partial charge in [-0.2, -0.15) is 0 Å². The maximum atomic E-state index is 10.9. The van der Waals surface area contributed by atoms with E-state index in [0.717, 1.165) is 12.2 Å². The van der Waals surface area contributed by atoms with Crippen LogP contribution < -0.4 is 0 Å². The zero-order chi connectivity index (χ0) is 10.0. The summed E-state index contributed by atoms with van der Waals surface area (Å²) in [6.07, 6.45) is 2.04. The zero-order valence-electron chi connectivity index (χ0n) is 6.94. The van der Waals surface area contributed by atoms with E-state index in [1.165, 1.54) is 6.92 Å². The van der Waals surface area contributed by atoms with Gasteiger partial charge in [0.05, 0.1) is 0 Å². The van der Waals surface area contributed by atoms with Gasteiger partial charge in [0.1, 0.15) is 0 Å². The van der Waals surface area contributed by atoms with Gasteiger partial charge in [-0.05, 0) is 6.92 Å². The third-order valence-electron chi connectivity index (χ3n) is 1.29. The van der Waals surface area contributed by atoms with Crippen molar-refractivity contribution in [3.8, 4) is 0 Å². The molecule has 0 bridgehead atoms. The Bertz CT molecular complexity index is 311. The normalized spacial score (nSPS) is 15.0. The monoisotopic (exact) mass is 181 g/mol. The molecule has 0 atom stereocenters. The van der Waals surface area contributed by atoms with Crippen LogP contribution in [0.3, 0.4) is 0 Å². The van der Waals surface area contributed by atoms with E-state index >= 15 is 0 Å². The molecule has 0 aliphatic carbocycles. The molecule has 5 nitrogen and oxygen atoms in total. The van der Waals surface area contributed by atoms with Crippen molar-refractivity contribution in [2.24, 2.45) is 0 Å². The zero-order valence-corrected chi connectivity index (χ0v) is 6.94. The first-order chi connectivity index (χ1) is 6.02. The molecule has 0 N–H and O–H groups in total. The van der Waals surface area contributed by atoms with E-state index in [2.05, 4.69) is 11.4 Å². The van der Waals surface area contributed by atoms with Crippen LogP contribution in [0.5, 0.6) is 0 Å². The highest BCUT2D eigenvalue weighted by atomic mass is 16.7. The number of amides is 2. The van der Waals surface area contributed by atoms with E-state index in [-0.39, 0.29) is 5.57 Å². The van der Waals surface area contributed by atoms with E-state index < -0.39 is 17.8 Å². The highest BCUT2D eigenvalue weighted by Gasteiger charge is 2.27. The summed E-state index contributed by atoms with van der Waals surface area (Å²) >= 11 is 0. The number of hydrogen-bond acceptors (Lipinski definition) is 4. The first kappa shape index (κ1) is 9.18. The Hall–Kier alpha value is -1.91. The fourth-order valence-corrected chi connectivity index (χ4v) is 0.637. The van der Waals surface area contributed by atoms with E-state index in [0.29, 0.717) is 5.06 Å². The molecule has 1 aliphatic rings. The second kappa shape index (κ2) is 3.22. The van der Waals surface area contributed by atoms with E-state index in [9.17, 15) is 14.4 Å². The van der Waals surface area contributed by atoms with Gasteiger partial charge < -0.3 is 4.84 Å². The molecule has 1 heterocycles. The van der Waals surface area contributed by atoms with E-state index in [1.807, 2.05) is 0 Å². The molecule has 13 heavy (non-hydrogen) atoms. The summed E-state index contributed by atoms with van der Waals surface area (Å²) in [5.74, 6) is -2.13. The number of carbonyl (C=O) groups is 3. The first-order valence-corrected chi connectivity index (χ1v) is 3.46. The Balaban J connectivity index is 2.66. The quantitative estimate of drug-likeness (QED) is 0.442. The largest absolute Gasteiger partial charge is 0.359 e.